The molecule has 4 aromatic carbocycles. The van der Waals surface area contributed by atoms with E-state index in [4.69, 9.17) is 9.47 Å². The first-order chi connectivity index (χ1) is 21.8. The molecule has 0 aliphatic carbocycles. The third-order valence-corrected chi connectivity index (χ3v) is 21.0. The monoisotopic (exact) mass is 694 g/mol. The van der Waals surface area contributed by atoms with Gasteiger partial charge in [-0.25, -0.2) is 0 Å². The number of rotatable bonds is 21. The highest BCUT2D eigenvalue weighted by atomic mass is 33.7. The van der Waals surface area contributed by atoms with Crippen LogP contribution in [0.2, 0.25) is 0 Å². The molecule has 234 valence electrons. The second-order valence-electron chi connectivity index (χ2n) is 10.8. The first-order valence-electron chi connectivity index (χ1n) is 15.8. The molecule has 44 heavy (non-hydrogen) atoms. The Morgan fingerprint density at radius 3 is 1.05 bits per heavy atom. The van der Waals surface area contributed by atoms with Crippen molar-refractivity contribution in [3.8, 4) is 0 Å². The van der Waals surface area contributed by atoms with Gasteiger partial charge < -0.3 is 9.47 Å². The highest BCUT2D eigenvalue weighted by molar-refractivity contribution is 9.26. The molecule has 0 saturated heterocycles. The summed E-state index contributed by atoms with van der Waals surface area (Å²) in [5.74, 6) is 2.18. The molecule has 0 spiro atoms. The van der Waals surface area contributed by atoms with Crippen LogP contribution in [0.3, 0.4) is 0 Å². The molecule has 0 aliphatic rings. The molecular weight excluding hydrogens is 649 g/mol. The molecular formula is C36H46O2S4Si2. The molecule has 0 bridgehead atoms. The maximum Gasteiger partial charge on any atom is 0.134 e. The Balaban J connectivity index is 1.29. The molecule has 4 aromatic rings. The minimum absolute atomic E-state index is 0.292. The highest BCUT2D eigenvalue weighted by Gasteiger charge is 2.28. The molecule has 8 heteroatoms. The molecule has 2 atom stereocenters. The average molecular weight is 695 g/mol. The van der Waals surface area contributed by atoms with Crippen molar-refractivity contribution < 1.29 is 9.47 Å². The smallest absolute Gasteiger partial charge is 0.134 e. The van der Waals surface area contributed by atoms with Crippen LogP contribution in [0.15, 0.2) is 121 Å². The van der Waals surface area contributed by atoms with E-state index < -0.39 is 17.6 Å². The van der Waals surface area contributed by atoms with Crippen LogP contribution in [-0.4, -0.2) is 53.8 Å². The summed E-state index contributed by atoms with van der Waals surface area (Å²) < 4.78 is 13.2. The summed E-state index contributed by atoms with van der Waals surface area (Å²) in [4.78, 5) is 0. The summed E-state index contributed by atoms with van der Waals surface area (Å²) in [6.45, 7) is 6.07. The minimum Gasteiger partial charge on any atom is -0.381 e. The van der Waals surface area contributed by atoms with Gasteiger partial charge in [0.25, 0.3) is 0 Å². The number of benzene rings is 4. The standard InChI is InChI=1S/C36H46O2S4Si2/c1-3-27-37-35(43(31-17-9-5-10-18-31)32-19-11-6-12-20-32)25-29-39-41-42-40-30-26-36(38-28-4-2)44(33-21-13-7-14-22-33)34-23-15-8-16-24-34/h5-24,35-36,43-44H,3-4,25-30H2,1-2H3. The van der Waals surface area contributed by atoms with Crippen molar-refractivity contribution in [1.82, 2.24) is 0 Å². The van der Waals surface area contributed by atoms with E-state index in [1.165, 1.54) is 20.7 Å². The summed E-state index contributed by atoms with van der Waals surface area (Å²) in [6.07, 6.45) is 4.27. The van der Waals surface area contributed by atoms with Crippen molar-refractivity contribution in [2.24, 2.45) is 0 Å². The van der Waals surface area contributed by atoms with Gasteiger partial charge in [-0.05, 0) is 45.3 Å². The summed E-state index contributed by atoms with van der Waals surface area (Å²) in [6, 6.07) is 44.3. The van der Waals surface area contributed by atoms with Crippen LogP contribution < -0.4 is 20.7 Å². The maximum atomic E-state index is 6.58. The van der Waals surface area contributed by atoms with Crippen molar-refractivity contribution >= 4 is 79.6 Å². The van der Waals surface area contributed by atoms with Gasteiger partial charge >= 0.3 is 0 Å². The Morgan fingerprint density at radius 2 is 0.773 bits per heavy atom. The third kappa shape index (κ3) is 11.8. The highest BCUT2D eigenvalue weighted by Crippen LogP contribution is 2.43. The third-order valence-electron chi connectivity index (χ3n) is 7.55. The van der Waals surface area contributed by atoms with Crippen molar-refractivity contribution in [3.63, 3.8) is 0 Å². The van der Waals surface area contributed by atoms with Gasteiger partial charge in [0.1, 0.15) is 17.6 Å². The van der Waals surface area contributed by atoms with E-state index in [1.807, 2.05) is 41.2 Å². The van der Waals surface area contributed by atoms with Gasteiger partial charge in [-0.2, -0.15) is 0 Å². The Bertz CT molecular complexity index is 1090. The lowest BCUT2D eigenvalue weighted by Crippen LogP contribution is -2.53. The molecule has 2 unspecified atom stereocenters. The molecule has 0 fully saturated rings. The quantitative estimate of drug-likeness (QED) is 0.0519. The lowest BCUT2D eigenvalue weighted by Gasteiger charge is -2.27. The Morgan fingerprint density at radius 1 is 0.477 bits per heavy atom. The molecule has 0 heterocycles. The SMILES string of the molecule is CCCOC(CCSSSSCCC(OCCC)[SiH](c1ccccc1)c1ccccc1)[SiH](c1ccccc1)c1ccccc1. The lowest BCUT2D eigenvalue weighted by atomic mass is 10.4. The molecule has 0 aromatic heterocycles. The summed E-state index contributed by atoms with van der Waals surface area (Å²) in [7, 11) is 4.75. The van der Waals surface area contributed by atoms with E-state index in [1.54, 1.807) is 0 Å². The van der Waals surface area contributed by atoms with Crippen molar-refractivity contribution in [1.29, 1.82) is 0 Å². The van der Waals surface area contributed by atoms with Crippen molar-refractivity contribution in [2.75, 3.05) is 24.7 Å². The summed E-state index contributed by atoms with van der Waals surface area (Å²) in [5.41, 5.74) is 0.583. The van der Waals surface area contributed by atoms with Crippen LogP contribution in [0, 0.1) is 0 Å². The molecule has 0 N–H and O–H groups in total. The van der Waals surface area contributed by atoms with E-state index in [0.29, 0.717) is 11.5 Å². The van der Waals surface area contributed by atoms with Crippen LogP contribution in [0.5, 0.6) is 0 Å². The van der Waals surface area contributed by atoms with E-state index in [-0.39, 0.29) is 0 Å². The van der Waals surface area contributed by atoms with Gasteiger partial charge in [-0.1, -0.05) is 178 Å². The molecule has 0 radical (unpaired) electrons. The van der Waals surface area contributed by atoms with Crippen LogP contribution in [-0.2, 0) is 9.47 Å². The normalized spacial score (nSPS) is 12.9. The predicted molar refractivity (Wildman–Crippen MR) is 208 cm³/mol. The van der Waals surface area contributed by atoms with E-state index >= 15 is 0 Å². The second-order valence-corrected chi connectivity index (χ2v) is 23.1. The van der Waals surface area contributed by atoms with Gasteiger partial charge in [0.05, 0.1) is 11.5 Å². The fourth-order valence-electron chi connectivity index (χ4n) is 5.55. The van der Waals surface area contributed by atoms with E-state index in [2.05, 4.69) is 135 Å². The topological polar surface area (TPSA) is 18.5 Å². The van der Waals surface area contributed by atoms with Gasteiger partial charge in [0, 0.05) is 24.7 Å². The van der Waals surface area contributed by atoms with Crippen molar-refractivity contribution in [2.45, 2.75) is 51.0 Å². The van der Waals surface area contributed by atoms with Crippen molar-refractivity contribution in [3.05, 3.63) is 121 Å². The van der Waals surface area contributed by atoms with Crippen LogP contribution in [0.1, 0.15) is 39.5 Å². The van der Waals surface area contributed by atoms with Gasteiger partial charge in [0.2, 0.25) is 0 Å². The zero-order chi connectivity index (χ0) is 30.7. The number of hydrogen-bond acceptors (Lipinski definition) is 6. The Hall–Kier alpha value is -1.37. The molecule has 0 saturated carbocycles. The van der Waals surface area contributed by atoms with Gasteiger partial charge in [0.15, 0.2) is 0 Å². The second kappa shape index (κ2) is 21.4. The van der Waals surface area contributed by atoms with E-state index in [0.717, 1.165) is 50.4 Å². The van der Waals surface area contributed by atoms with Gasteiger partial charge in [-0.3, -0.25) is 0 Å². The number of ether oxygens (including phenoxy) is 2. The summed E-state index contributed by atoms with van der Waals surface area (Å²) in [5, 5.41) is 5.87. The zero-order valence-electron chi connectivity index (χ0n) is 26.0. The largest absolute Gasteiger partial charge is 0.381 e. The Kier molecular flexibility index (Phi) is 17.3. The van der Waals surface area contributed by atoms with Crippen LogP contribution >= 0.6 is 41.2 Å². The zero-order valence-corrected chi connectivity index (χ0v) is 31.5. The maximum absolute atomic E-state index is 6.58. The fourth-order valence-corrected chi connectivity index (χ4v) is 18.9. The van der Waals surface area contributed by atoms with Crippen LogP contribution in [0.25, 0.3) is 0 Å². The molecule has 0 amide bonds. The molecule has 2 nitrogen and oxygen atoms in total. The van der Waals surface area contributed by atoms with Gasteiger partial charge in [-0.15, -0.1) is 0 Å². The molecule has 0 aliphatic heterocycles. The Labute approximate surface area is 284 Å². The minimum atomic E-state index is -1.52. The first kappa shape index (κ1) is 35.5. The fraction of sp³-hybridized carbons (Fsp3) is 0.333. The first-order valence-corrected chi connectivity index (χ1v) is 24.6. The lowest BCUT2D eigenvalue weighted by molar-refractivity contribution is 0.103. The van der Waals surface area contributed by atoms with E-state index in [9.17, 15) is 0 Å². The van der Waals surface area contributed by atoms with Crippen LogP contribution in [0.4, 0.5) is 0 Å². The number of hydrogen-bond donors (Lipinski definition) is 0. The average Bonchev–Trinajstić information content (AvgIpc) is 3.08. The predicted octanol–water partition coefficient (Wildman–Crippen LogP) is 7.20. The summed E-state index contributed by atoms with van der Waals surface area (Å²) >= 11 is 0. The molecule has 4 rings (SSSR count).